The van der Waals surface area contributed by atoms with Crippen molar-refractivity contribution in [3.8, 4) is 11.5 Å². The van der Waals surface area contributed by atoms with Crippen LogP contribution in [0.15, 0.2) is 48.5 Å². The quantitative estimate of drug-likeness (QED) is 0.590. The van der Waals surface area contributed by atoms with Crippen molar-refractivity contribution in [1.29, 1.82) is 0 Å². The molecule has 0 radical (unpaired) electrons. The van der Waals surface area contributed by atoms with Gasteiger partial charge in [-0.2, -0.15) is 0 Å². The van der Waals surface area contributed by atoms with Gasteiger partial charge >= 0.3 is 5.97 Å². The second-order valence-corrected chi connectivity index (χ2v) is 5.11. The van der Waals surface area contributed by atoms with E-state index in [1.807, 2.05) is 12.1 Å². The normalized spacial score (nSPS) is 10.6. The monoisotopic (exact) mass is 332 g/mol. The van der Waals surface area contributed by atoms with Crippen LogP contribution in [0.5, 0.6) is 11.5 Å². The molecule has 5 heteroatoms. The molecular weight excluding hydrogens is 316 g/mol. The lowest BCUT2D eigenvalue weighted by molar-refractivity contribution is -0.138. The lowest BCUT2D eigenvalue weighted by Crippen LogP contribution is -2.00. The van der Waals surface area contributed by atoms with E-state index in [2.05, 4.69) is 0 Å². The Morgan fingerprint density at radius 3 is 2.48 bits per heavy atom. The zero-order valence-electron chi connectivity index (χ0n) is 12.9. The van der Waals surface area contributed by atoms with Gasteiger partial charge in [0.05, 0.1) is 14.2 Å². The van der Waals surface area contributed by atoms with Crippen LogP contribution < -0.4 is 9.47 Å². The molecular formula is C18H17ClO4. The van der Waals surface area contributed by atoms with Crippen LogP contribution in [0.3, 0.4) is 0 Å². The number of carbonyl (C=O) groups is 1. The first-order chi connectivity index (χ1) is 11.1. The summed E-state index contributed by atoms with van der Waals surface area (Å²) in [6.45, 7) is 0.195. The van der Waals surface area contributed by atoms with E-state index in [0.717, 1.165) is 11.1 Å². The number of ether oxygens (including phenoxy) is 3. The van der Waals surface area contributed by atoms with Gasteiger partial charge in [-0.1, -0.05) is 23.7 Å². The standard InChI is InChI=1S/C18H17ClO4/c1-21-16-9-5-14(17(11-16)22-2)6-10-18(20)23-12-13-3-7-15(19)8-4-13/h3-11H,12H2,1-2H3/b10-6+. The van der Waals surface area contributed by atoms with Crippen molar-refractivity contribution in [1.82, 2.24) is 0 Å². The molecule has 0 aromatic heterocycles. The van der Waals surface area contributed by atoms with Crippen LogP contribution in [-0.2, 0) is 16.1 Å². The number of esters is 1. The maximum Gasteiger partial charge on any atom is 0.331 e. The van der Waals surface area contributed by atoms with Gasteiger partial charge in [-0.05, 0) is 35.9 Å². The summed E-state index contributed by atoms with van der Waals surface area (Å²) in [4.78, 5) is 11.8. The molecule has 0 fully saturated rings. The summed E-state index contributed by atoms with van der Waals surface area (Å²) < 4.78 is 15.6. The Balaban J connectivity index is 1.96. The average Bonchev–Trinajstić information content (AvgIpc) is 2.59. The molecule has 0 heterocycles. The van der Waals surface area contributed by atoms with Crippen molar-refractivity contribution in [2.75, 3.05) is 14.2 Å². The molecule has 0 saturated carbocycles. The summed E-state index contributed by atoms with van der Waals surface area (Å²) in [5, 5.41) is 0.645. The maximum atomic E-state index is 11.8. The second kappa shape index (κ2) is 8.25. The summed E-state index contributed by atoms with van der Waals surface area (Å²) in [5.41, 5.74) is 1.63. The Hall–Kier alpha value is -2.46. The number of carbonyl (C=O) groups excluding carboxylic acids is 1. The van der Waals surface area contributed by atoms with Gasteiger partial charge < -0.3 is 14.2 Å². The van der Waals surface area contributed by atoms with Crippen molar-refractivity contribution in [2.24, 2.45) is 0 Å². The zero-order chi connectivity index (χ0) is 16.7. The fourth-order valence-electron chi connectivity index (χ4n) is 1.90. The Morgan fingerprint density at radius 2 is 1.83 bits per heavy atom. The van der Waals surface area contributed by atoms with Gasteiger partial charge in [0, 0.05) is 22.7 Å². The highest BCUT2D eigenvalue weighted by Crippen LogP contribution is 2.25. The van der Waals surface area contributed by atoms with Crippen LogP contribution >= 0.6 is 11.6 Å². The molecule has 2 rings (SSSR count). The highest BCUT2D eigenvalue weighted by atomic mass is 35.5. The summed E-state index contributed by atoms with van der Waals surface area (Å²) in [5.74, 6) is 0.869. The van der Waals surface area contributed by atoms with Gasteiger partial charge in [-0.3, -0.25) is 0 Å². The molecule has 23 heavy (non-hydrogen) atoms. The van der Waals surface area contributed by atoms with Gasteiger partial charge in [-0.15, -0.1) is 0 Å². The van der Waals surface area contributed by atoms with Crippen LogP contribution in [0, 0.1) is 0 Å². The fraction of sp³-hybridized carbons (Fsp3) is 0.167. The molecule has 0 amide bonds. The molecule has 0 unspecified atom stereocenters. The number of hydrogen-bond donors (Lipinski definition) is 0. The van der Waals surface area contributed by atoms with E-state index in [9.17, 15) is 4.79 Å². The van der Waals surface area contributed by atoms with Gasteiger partial charge in [0.15, 0.2) is 0 Å². The van der Waals surface area contributed by atoms with Gasteiger partial charge in [0.25, 0.3) is 0 Å². The van der Waals surface area contributed by atoms with Gasteiger partial charge in [0.2, 0.25) is 0 Å². The number of methoxy groups -OCH3 is 2. The van der Waals surface area contributed by atoms with E-state index in [4.69, 9.17) is 25.8 Å². The van der Waals surface area contributed by atoms with Crippen LogP contribution in [0.4, 0.5) is 0 Å². The van der Waals surface area contributed by atoms with Crippen LogP contribution in [-0.4, -0.2) is 20.2 Å². The minimum atomic E-state index is -0.433. The summed E-state index contributed by atoms with van der Waals surface area (Å²) in [6.07, 6.45) is 3.00. The molecule has 120 valence electrons. The second-order valence-electron chi connectivity index (χ2n) is 4.68. The van der Waals surface area contributed by atoms with Crippen molar-refractivity contribution in [3.05, 3.63) is 64.7 Å². The van der Waals surface area contributed by atoms with E-state index < -0.39 is 5.97 Å². The number of halogens is 1. The van der Waals surface area contributed by atoms with E-state index in [-0.39, 0.29) is 6.61 Å². The summed E-state index contributed by atoms with van der Waals surface area (Å²) >= 11 is 5.80. The van der Waals surface area contributed by atoms with Crippen LogP contribution in [0.2, 0.25) is 5.02 Å². The molecule has 2 aromatic carbocycles. The molecule has 0 atom stereocenters. The topological polar surface area (TPSA) is 44.8 Å². The molecule has 0 aliphatic rings. The van der Waals surface area contributed by atoms with Crippen molar-refractivity contribution >= 4 is 23.6 Å². The molecule has 0 aliphatic heterocycles. The molecule has 4 nitrogen and oxygen atoms in total. The first-order valence-electron chi connectivity index (χ1n) is 6.93. The SMILES string of the molecule is COc1ccc(/C=C/C(=O)OCc2ccc(Cl)cc2)c(OC)c1. The van der Waals surface area contributed by atoms with Crippen molar-refractivity contribution < 1.29 is 19.0 Å². The van der Waals surface area contributed by atoms with Crippen LogP contribution in [0.1, 0.15) is 11.1 Å². The van der Waals surface area contributed by atoms with Crippen LogP contribution in [0.25, 0.3) is 6.08 Å². The van der Waals surface area contributed by atoms with Gasteiger partial charge in [-0.25, -0.2) is 4.79 Å². The maximum absolute atomic E-state index is 11.8. The highest BCUT2D eigenvalue weighted by Gasteiger charge is 2.04. The predicted octanol–water partition coefficient (Wildman–Crippen LogP) is 4.11. The average molecular weight is 333 g/mol. The summed E-state index contributed by atoms with van der Waals surface area (Å²) in [7, 11) is 3.14. The van der Waals surface area contributed by atoms with Crippen molar-refractivity contribution in [3.63, 3.8) is 0 Å². The first-order valence-corrected chi connectivity index (χ1v) is 7.31. The lowest BCUT2D eigenvalue weighted by Gasteiger charge is -2.07. The third-order valence-electron chi connectivity index (χ3n) is 3.13. The third-order valence-corrected chi connectivity index (χ3v) is 3.39. The van der Waals surface area contributed by atoms with E-state index in [1.165, 1.54) is 6.08 Å². The van der Waals surface area contributed by atoms with Crippen molar-refractivity contribution in [2.45, 2.75) is 6.61 Å². The van der Waals surface area contributed by atoms with Gasteiger partial charge in [0.1, 0.15) is 18.1 Å². The van der Waals surface area contributed by atoms with E-state index in [0.29, 0.717) is 16.5 Å². The molecule has 0 spiro atoms. The molecule has 0 aliphatic carbocycles. The van der Waals surface area contributed by atoms with E-state index in [1.54, 1.807) is 50.6 Å². The Kier molecular flexibility index (Phi) is 6.06. The smallest absolute Gasteiger partial charge is 0.331 e. The molecule has 2 aromatic rings. The minimum Gasteiger partial charge on any atom is -0.497 e. The zero-order valence-corrected chi connectivity index (χ0v) is 13.7. The summed E-state index contributed by atoms with van der Waals surface area (Å²) in [6, 6.07) is 12.5. The number of hydrogen-bond acceptors (Lipinski definition) is 4. The van der Waals surface area contributed by atoms with E-state index >= 15 is 0 Å². The largest absolute Gasteiger partial charge is 0.497 e. The Bertz CT molecular complexity index is 693. The fourth-order valence-corrected chi connectivity index (χ4v) is 2.02. The minimum absolute atomic E-state index is 0.195. The predicted molar refractivity (Wildman–Crippen MR) is 89.8 cm³/mol. The molecule has 0 bridgehead atoms. The first kappa shape index (κ1) is 16.9. The number of rotatable bonds is 6. The molecule has 0 saturated heterocycles. The number of benzene rings is 2. The Labute approximate surface area is 140 Å². The lowest BCUT2D eigenvalue weighted by atomic mass is 10.1. The highest BCUT2D eigenvalue weighted by molar-refractivity contribution is 6.30. The molecule has 0 N–H and O–H groups in total. The Morgan fingerprint density at radius 1 is 1.09 bits per heavy atom. The third kappa shape index (κ3) is 5.04.